The van der Waals surface area contributed by atoms with Crippen molar-refractivity contribution in [3.05, 3.63) is 56.4 Å². The first-order chi connectivity index (χ1) is 19.3. The van der Waals surface area contributed by atoms with Gasteiger partial charge in [0.25, 0.3) is 5.91 Å². The lowest BCUT2D eigenvalue weighted by Crippen LogP contribution is -2.44. The van der Waals surface area contributed by atoms with Gasteiger partial charge in [0, 0.05) is 42.8 Å². The number of anilines is 3. The standard InChI is InChI=1S/C28H31IN6O4S/c1-15-10-35(11-16(2)39-15)12-18-6-7-22(30-9-18)33-27-26-25(31-14-32-27)19(13-40-26)28(36)34-24-17(3)20(37-4)8-21(38-5)23(24)29/h6-9,13-16H,10-12H2,1-5H3,(H,34,36)(H,30,31,32,33). The molecule has 1 aromatic carbocycles. The van der Waals surface area contributed by atoms with E-state index in [1.807, 2.05) is 25.3 Å². The second-order valence-corrected chi connectivity index (χ2v) is 11.7. The maximum Gasteiger partial charge on any atom is 0.258 e. The molecule has 4 heterocycles. The van der Waals surface area contributed by atoms with Crippen molar-refractivity contribution < 1.29 is 19.0 Å². The van der Waals surface area contributed by atoms with Crippen molar-refractivity contribution in [2.24, 2.45) is 0 Å². The molecule has 12 heteroatoms. The maximum absolute atomic E-state index is 13.4. The summed E-state index contributed by atoms with van der Waals surface area (Å²) in [5.74, 6) is 2.24. The van der Waals surface area contributed by atoms with Crippen LogP contribution in [0.2, 0.25) is 0 Å². The molecule has 2 atom stereocenters. The summed E-state index contributed by atoms with van der Waals surface area (Å²) in [4.78, 5) is 29.2. The van der Waals surface area contributed by atoms with Crippen molar-refractivity contribution in [2.75, 3.05) is 37.9 Å². The van der Waals surface area contributed by atoms with Crippen LogP contribution in [0.15, 0.2) is 36.1 Å². The predicted octanol–water partition coefficient (Wildman–Crippen LogP) is 5.62. The van der Waals surface area contributed by atoms with E-state index in [-0.39, 0.29) is 18.1 Å². The van der Waals surface area contributed by atoms with Crippen LogP contribution in [0.3, 0.4) is 0 Å². The third kappa shape index (κ3) is 5.99. The number of thiophene rings is 1. The number of ether oxygens (including phenoxy) is 3. The van der Waals surface area contributed by atoms with Crippen molar-refractivity contribution in [3.8, 4) is 11.5 Å². The number of nitrogens with zero attached hydrogens (tertiary/aromatic N) is 4. The highest BCUT2D eigenvalue weighted by molar-refractivity contribution is 14.1. The van der Waals surface area contributed by atoms with Gasteiger partial charge < -0.3 is 24.8 Å². The van der Waals surface area contributed by atoms with Gasteiger partial charge in [-0.3, -0.25) is 9.69 Å². The molecule has 1 fully saturated rings. The number of aromatic nitrogens is 3. The van der Waals surface area contributed by atoms with E-state index in [1.54, 1.807) is 19.6 Å². The Balaban J connectivity index is 1.33. The third-order valence-corrected chi connectivity index (χ3v) is 8.74. The van der Waals surface area contributed by atoms with Gasteiger partial charge in [0.1, 0.15) is 23.6 Å². The van der Waals surface area contributed by atoms with E-state index in [2.05, 4.69) is 73.0 Å². The van der Waals surface area contributed by atoms with Gasteiger partial charge in [-0.05, 0) is 55.0 Å². The van der Waals surface area contributed by atoms with Crippen molar-refractivity contribution in [1.82, 2.24) is 19.9 Å². The highest BCUT2D eigenvalue weighted by Crippen LogP contribution is 2.39. The smallest absolute Gasteiger partial charge is 0.258 e. The lowest BCUT2D eigenvalue weighted by molar-refractivity contribution is -0.0705. The Kier molecular flexibility index (Phi) is 8.68. The topological polar surface area (TPSA) is 111 Å². The third-order valence-electron chi connectivity index (χ3n) is 6.69. The van der Waals surface area contributed by atoms with Crippen LogP contribution >= 0.6 is 33.9 Å². The number of halogens is 1. The summed E-state index contributed by atoms with van der Waals surface area (Å²) in [5, 5.41) is 8.11. The van der Waals surface area contributed by atoms with Crippen LogP contribution in [0.1, 0.15) is 35.3 Å². The average molecular weight is 675 g/mol. The minimum Gasteiger partial charge on any atom is -0.496 e. The summed E-state index contributed by atoms with van der Waals surface area (Å²) < 4.78 is 18.3. The van der Waals surface area contributed by atoms with E-state index in [0.29, 0.717) is 39.9 Å². The monoisotopic (exact) mass is 674 g/mol. The normalized spacial score (nSPS) is 17.6. The molecule has 2 unspecified atom stereocenters. The highest BCUT2D eigenvalue weighted by atomic mass is 127. The number of carbonyl (C=O) groups excluding carboxylic acids is 1. The molecule has 1 aliphatic rings. The highest BCUT2D eigenvalue weighted by Gasteiger charge is 2.23. The van der Waals surface area contributed by atoms with Gasteiger partial charge in [-0.1, -0.05) is 6.07 Å². The van der Waals surface area contributed by atoms with Crippen LogP contribution in [0.5, 0.6) is 11.5 Å². The summed E-state index contributed by atoms with van der Waals surface area (Å²) in [5.41, 5.74) is 3.60. The lowest BCUT2D eigenvalue weighted by atomic mass is 10.1. The quantitative estimate of drug-likeness (QED) is 0.230. The first-order valence-electron chi connectivity index (χ1n) is 12.8. The van der Waals surface area contributed by atoms with Crippen LogP contribution in [-0.2, 0) is 11.3 Å². The molecule has 5 rings (SSSR count). The molecule has 0 spiro atoms. The van der Waals surface area contributed by atoms with Gasteiger partial charge in [-0.2, -0.15) is 0 Å². The van der Waals surface area contributed by atoms with E-state index in [4.69, 9.17) is 14.2 Å². The fourth-order valence-electron chi connectivity index (χ4n) is 4.88. The first-order valence-corrected chi connectivity index (χ1v) is 14.8. The van der Waals surface area contributed by atoms with Gasteiger partial charge in [0.05, 0.1) is 51.5 Å². The minimum absolute atomic E-state index is 0.224. The maximum atomic E-state index is 13.4. The molecule has 0 saturated carbocycles. The predicted molar refractivity (Wildman–Crippen MR) is 165 cm³/mol. The number of morpholine rings is 1. The fourth-order valence-corrected chi connectivity index (χ4v) is 6.74. The summed E-state index contributed by atoms with van der Waals surface area (Å²) >= 11 is 3.57. The molecular weight excluding hydrogens is 643 g/mol. The summed E-state index contributed by atoms with van der Waals surface area (Å²) in [6.07, 6.45) is 3.78. The average Bonchev–Trinajstić information content (AvgIpc) is 3.37. The largest absolute Gasteiger partial charge is 0.496 e. The number of amides is 1. The molecule has 3 aromatic heterocycles. The Hall–Kier alpha value is -3.07. The number of fused-ring (bicyclic) bond motifs is 1. The van der Waals surface area contributed by atoms with Gasteiger partial charge in [-0.15, -0.1) is 11.3 Å². The Morgan fingerprint density at radius 3 is 2.58 bits per heavy atom. The Bertz CT molecular complexity index is 1490. The Morgan fingerprint density at radius 1 is 1.15 bits per heavy atom. The lowest BCUT2D eigenvalue weighted by Gasteiger charge is -2.35. The molecular formula is C28H31IN6O4S. The molecule has 1 amide bonds. The zero-order valence-electron chi connectivity index (χ0n) is 22.9. The molecule has 4 aromatic rings. The SMILES string of the molecule is COc1cc(OC)c(I)c(NC(=O)c2csc3c(Nc4ccc(CN5CC(C)OC(C)C5)cn4)ncnc23)c1C. The second-order valence-electron chi connectivity index (χ2n) is 9.73. The molecule has 1 aliphatic heterocycles. The fraction of sp³-hybridized carbons (Fsp3) is 0.357. The van der Waals surface area contributed by atoms with Crippen LogP contribution in [0, 0.1) is 10.5 Å². The minimum atomic E-state index is -0.276. The summed E-state index contributed by atoms with van der Waals surface area (Å²) in [6, 6.07) is 5.82. The van der Waals surface area contributed by atoms with Crippen LogP contribution in [0.25, 0.3) is 10.2 Å². The zero-order valence-corrected chi connectivity index (χ0v) is 25.9. The van der Waals surface area contributed by atoms with Crippen LogP contribution < -0.4 is 20.1 Å². The molecule has 210 valence electrons. The molecule has 40 heavy (non-hydrogen) atoms. The van der Waals surface area contributed by atoms with E-state index >= 15 is 0 Å². The van der Waals surface area contributed by atoms with E-state index in [1.165, 1.54) is 17.7 Å². The van der Waals surface area contributed by atoms with E-state index < -0.39 is 0 Å². The second kappa shape index (κ2) is 12.2. The molecule has 1 saturated heterocycles. The number of hydrogen-bond donors (Lipinski definition) is 2. The van der Waals surface area contributed by atoms with E-state index in [9.17, 15) is 4.79 Å². The Labute approximate surface area is 250 Å². The van der Waals surface area contributed by atoms with Crippen molar-refractivity contribution in [2.45, 2.75) is 39.5 Å². The van der Waals surface area contributed by atoms with Gasteiger partial charge in [0.15, 0.2) is 5.82 Å². The zero-order chi connectivity index (χ0) is 28.4. The molecule has 10 nitrogen and oxygen atoms in total. The molecule has 2 N–H and O–H groups in total. The van der Waals surface area contributed by atoms with Gasteiger partial charge in [-0.25, -0.2) is 15.0 Å². The summed E-state index contributed by atoms with van der Waals surface area (Å²) in [7, 11) is 3.18. The molecule has 0 aliphatic carbocycles. The molecule has 0 bridgehead atoms. The van der Waals surface area contributed by atoms with Crippen LogP contribution in [-0.4, -0.2) is 65.3 Å². The number of pyridine rings is 1. The van der Waals surface area contributed by atoms with Crippen molar-refractivity contribution >= 4 is 67.4 Å². The van der Waals surface area contributed by atoms with E-state index in [0.717, 1.165) is 39.0 Å². The van der Waals surface area contributed by atoms with Crippen LogP contribution in [0.4, 0.5) is 17.3 Å². The molecule has 0 radical (unpaired) electrons. The van der Waals surface area contributed by atoms with Gasteiger partial charge in [0.2, 0.25) is 0 Å². The number of hydrogen-bond acceptors (Lipinski definition) is 10. The van der Waals surface area contributed by atoms with Crippen molar-refractivity contribution in [3.63, 3.8) is 0 Å². The Morgan fingerprint density at radius 2 is 1.90 bits per heavy atom. The number of rotatable bonds is 8. The number of carbonyl (C=O) groups is 1. The first kappa shape index (κ1) is 28.5. The number of methoxy groups -OCH3 is 2. The van der Waals surface area contributed by atoms with Crippen molar-refractivity contribution in [1.29, 1.82) is 0 Å². The van der Waals surface area contributed by atoms with Gasteiger partial charge >= 0.3 is 0 Å². The number of benzene rings is 1. The number of nitrogens with one attached hydrogen (secondary N) is 2. The summed E-state index contributed by atoms with van der Waals surface area (Å²) in [6.45, 7) is 8.74.